The highest BCUT2D eigenvalue weighted by molar-refractivity contribution is 5.95. The summed E-state index contributed by atoms with van der Waals surface area (Å²) < 4.78 is 25.1. The lowest BCUT2D eigenvalue weighted by Crippen LogP contribution is -2.29. The van der Waals surface area contributed by atoms with E-state index in [1.807, 2.05) is 26.8 Å². The number of methoxy groups -OCH3 is 1. The van der Waals surface area contributed by atoms with Crippen LogP contribution in [0.25, 0.3) is 11.1 Å². The number of allylic oxidation sites excluding steroid dienone is 2. The zero-order valence-electron chi connectivity index (χ0n) is 14.0. The minimum Gasteiger partial charge on any atom is -0.496 e. The average Bonchev–Trinajstić information content (AvgIpc) is 2.50. The van der Waals surface area contributed by atoms with Gasteiger partial charge in [-0.1, -0.05) is 6.92 Å². The van der Waals surface area contributed by atoms with Gasteiger partial charge < -0.3 is 14.6 Å². The van der Waals surface area contributed by atoms with Crippen molar-refractivity contribution in [2.75, 3.05) is 7.11 Å². The number of carboxylic acid groups (broad SMARTS) is 1. The molecule has 0 fully saturated rings. The van der Waals surface area contributed by atoms with Crippen molar-refractivity contribution in [3.63, 3.8) is 0 Å². The summed E-state index contributed by atoms with van der Waals surface area (Å²) in [6, 6.07) is 3.42. The Bertz CT molecular complexity index is 714. The monoisotopic (exact) mass is 320 g/mol. The first-order valence-electron chi connectivity index (χ1n) is 7.43. The van der Waals surface area contributed by atoms with Crippen LogP contribution in [-0.4, -0.2) is 23.8 Å². The van der Waals surface area contributed by atoms with Crippen LogP contribution < -0.4 is 9.47 Å². The number of hydrogen-bond acceptors (Lipinski definition) is 3. The van der Waals surface area contributed by atoms with E-state index in [0.29, 0.717) is 17.1 Å². The third-order valence-corrected chi connectivity index (χ3v) is 3.84. The molecule has 1 aromatic rings. The van der Waals surface area contributed by atoms with E-state index in [1.54, 1.807) is 12.1 Å². The van der Waals surface area contributed by atoms with Gasteiger partial charge in [0, 0.05) is 22.8 Å². The van der Waals surface area contributed by atoms with Crippen molar-refractivity contribution in [3.05, 3.63) is 35.2 Å². The van der Waals surface area contributed by atoms with E-state index < -0.39 is 17.4 Å². The molecule has 0 spiro atoms. The summed E-state index contributed by atoms with van der Waals surface area (Å²) in [5.74, 6) is -1.75. The van der Waals surface area contributed by atoms with Crippen molar-refractivity contribution in [2.24, 2.45) is 0 Å². The first-order valence-corrected chi connectivity index (χ1v) is 7.43. The molecule has 5 heteroatoms. The lowest BCUT2D eigenvalue weighted by molar-refractivity contribution is -0.134. The van der Waals surface area contributed by atoms with E-state index in [-0.39, 0.29) is 5.57 Å². The molecule has 0 aliphatic carbocycles. The Morgan fingerprint density at radius 1 is 1.39 bits per heavy atom. The zero-order chi connectivity index (χ0) is 17.4. The molecule has 4 nitrogen and oxygen atoms in total. The number of aliphatic carboxylic acids is 1. The van der Waals surface area contributed by atoms with Crippen molar-refractivity contribution >= 4 is 17.1 Å². The summed E-state index contributed by atoms with van der Waals surface area (Å²) in [6.07, 6.45) is 2.81. The molecule has 1 N–H and O–H groups in total. The highest BCUT2D eigenvalue weighted by atomic mass is 19.1. The molecule has 1 aliphatic heterocycles. The van der Waals surface area contributed by atoms with E-state index in [1.165, 1.54) is 14.0 Å². The smallest absolute Gasteiger partial charge is 0.365 e. The maximum Gasteiger partial charge on any atom is 0.365 e. The molecule has 2 rings (SSSR count). The Morgan fingerprint density at radius 2 is 2.04 bits per heavy atom. The Hall–Kier alpha value is -2.30. The fourth-order valence-electron chi connectivity index (χ4n) is 2.74. The van der Waals surface area contributed by atoms with Gasteiger partial charge in [-0.2, -0.15) is 4.39 Å². The molecule has 0 amide bonds. The van der Waals surface area contributed by atoms with Gasteiger partial charge >= 0.3 is 5.97 Å². The molecule has 124 valence electrons. The Morgan fingerprint density at radius 3 is 2.57 bits per heavy atom. The molecule has 0 aromatic heterocycles. The number of carbonyl (C=O) groups is 1. The summed E-state index contributed by atoms with van der Waals surface area (Å²) >= 11 is 0. The van der Waals surface area contributed by atoms with Gasteiger partial charge in [-0.25, -0.2) is 4.79 Å². The van der Waals surface area contributed by atoms with Crippen molar-refractivity contribution in [2.45, 2.75) is 39.7 Å². The van der Waals surface area contributed by atoms with Crippen LogP contribution in [0.2, 0.25) is 0 Å². The van der Waals surface area contributed by atoms with Crippen LogP contribution in [0.15, 0.2) is 24.0 Å². The summed E-state index contributed by atoms with van der Waals surface area (Å²) in [4.78, 5) is 10.9. The quantitative estimate of drug-likeness (QED) is 0.833. The number of halogens is 1. The highest BCUT2D eigenvalue weighted by Crippen LogP contribution is 2.43. The first-order chi connectivity index (χ1) is 10.7. The molecule has 1 aromatic carbocycles. The van der Waals surface area contributed by atoms with Gasteiger partial charge in [0.25, 0.3) is 0 Å². The van der Waals surface area contributed by atoms with Crippen molar-refractivity contribution in [3.8, 4) is 11.5 Å². The van der Waals surface area contributed by atoms with E-state index in [0.717, 1.165) is 17.6 Å². The number of carboxylic acids is 1. The van der Waals surface area contributed by atoms with Gasteiger partial charge in [0.05, 0.1) is 7.11 Å². The van der Waals surface area contributed by atoms with Crippen LogP contribution in [-0.2, 0) is 4.79 Å². The number of hydrogen-bond donors (Lipinski definition) is 1. The van der Waals surface area contributed by atoms with Gasteiger partial charge in [-0.15, -0.1) is 0 Å². The van der Waals surface area contributed by atoms with Crippen LogP contribution in [0.3, 0.4) is 0 Å². The molecule has 23 heavy (non-hydrogen) atoms. The van der Waals surface area contributed by atoms with Crippen LogP contribution in [0.1, 0.15) is 45.2 Å². The second-order valence-corrected chi connectivity index (χ2v) is 6.02. The molecule has 0 saturated heterocycles. The van der Waals surface area contributed by atoms with E-state index in [2.05, 4.69) is 0 Å². The summed E-state index contributed by atoms with van der Waals surface area (Å²) in [5, 5.41) is 8.87. The summed E-state index contributed by atoms with van der Waals surface area (Å²) in [6.45, 7) is 7.38. The topological polar surface area (TPSA) is 55.8 Å². The van der Waals surface area contributed by atoms with E-state index in [9.17, 15) is 9.18 Å². The molecule has 0 unspecified atom stereocenters. The fraction of sp³-hybridized carbons (Fsp3) is 0.389. The first kappa shape index (κ1) is 17.1. The predicted molar refractivity (Wildman–Crippen MR) is 87.3 cm³/mol. The Labute approximate surface area is 135 Å². The highest BCUT2D eigenvalue weighted by Gasteiger charge is 2.28. The number of benzene rings is 1. The van der Waals surface area contributed by atoms with E-state index >= 15 is 0 Å². The van der Waals surface area contributed by atoms with Crippen LogP contribution >= 0.6 is 0 Å². The van der Waals surface area contributed by atoms with Gasteiger partial charge in [0.1, 0.15) is 17.1 Å². The lowest BCUT2D eigenvalue weighted by Gasteiger charge is -2.32. The van der Waals surface area contributed by atoms with E-state index in [4.69, 9.17) is 14.6 Å². The van der Waals surface area contributed by atoms with Crippen LogP contribution in [0.4, 0.5) is 4.39 Å². The predicted octanol–water partition coefficient (Wildman–Crippen LogP) is 4.44. The molecule has 0 radical (unpaired) electrons. The van der Waals surface area contributed by atoms with Crippen molar-refractivity contribution in [1.82, 2.24) is 0 Å². The van der Waals surface area contributed by atoms with Gasteiger partial charge in [0.15, 0.2) is 0 Å². The molecule has 1 heterocycles. The van der Waals surface area contributed by atoms with Crippen LogP contribution in [0.5, 0.6) is 11.5 Å². The van der Waals surface area contributed by atoms with Gasteiger partial charge in [0.2, 0.25) is 5.83 Å². The maximum absolute atomic E-state index is 13.8. The molecule has 0 saturated carbocycles. The van der Waals surface area contributed by atoms with Crippen LogP contribution in [0, 0.1) is 0 Å². The Balaban J connectivity index is 2.70. The number of ether oxygens (including phenoxy) is 2. The largest absolute Gasteiger partial charge is 0.496 e. The number of rotatable bonds is 4. The molecular weight excluding hydrogens is 299 g/mol. The van der Waals surface area contributed by atoms with Gasteiger partial charge in [-0.3, -0.25) is 0 Å². The molecule has 0 atom stereocenters. The maximum atomic E-state index is 13.8. The zero-order valence-corrected chi connectivity index (χ0v) is 14.0. The normalized spacial score (nSPS) is 16.7. The van der Waals surface area contributed by atoms with Crippen molar-refractivity contribution in [1.29, 1.82) is 0 Å². The standard InChI is InChI=1S/C18H21FO4/c1-6-11-9-18(3,4)23-15-8-14(22-5)12(7-13(11)15)10(2)16(19)17(20)21/h7-9H,6H2,1-5H3,(H,20,21). The lowest BCUT2D eigenvalue weighted by atomic mass is 9.90. The second kappa shape index (κ2) is 6.07. The van der Waals surface area contributed by atoms with Crippen molar-refractivity contribution < 1.29 is 23.8 Å². The third kappa shape index (κ3) is 3.23. The fourth-order valence-corrected chi connectivity index (χ4v) is 2.74. The molecule has 1 aliphatic rings. The van der Waals surface area contributed by atoms with Gasteiger partial charge in [-0.05, 0) is 44.9 Å². The third-order valence-electron chi connectivity index (χ3n) is 3.84. The SMILES string of the molecule is CCC1=CC(C)(C)Oc2cc(OC)c(C(C)=C(F)C(=O)O)cc21. The number of fused-ring (bicyclic) bond motifs is 1. The minimum absolute atomic E-state index is 0.0254. The Kier molecular flexibility index (Phi) is 4.50. The molecular formula is C18H21FO4. The summed E-state index contributed by atoms with van der Waals surface area (Å²) in [7, 11) is 1.46. The second-order valence-electron chi connectivity index (χ2n) is 6.02. The average molecular weight is 320 g/mol. The molecule has 0 bridgehead atoms. The minimum atomic E-state index is -1.59. The summed E-state index contributed by atoms with van der Waals surface area (Å²) in [5.41, 5.74) is 1.90.